The average molecular weight is 414 g/mol. The predicted molar refractivity (Wildman–Crippen MR) is 97.2 cm³/mol. The topological polar surface area (TPSA) is 69.7 Å². The Hall–Kier alpha value is -1.54. The molecule has 28 heavy (non-hydrogen) atoms. The van der Waals surface area contributed by atoms with E-state index in [4.69, 9.17) is 4.18 Å². The fraction of sp³-hybridized carbons (Fsp3) is 0.650. The molecule has 4 aliphatic rings. The standard InChI is InChI=1S/C20H24F2O5S/c1-12-4-3-5-15(6-12)17-16-8-13-7-14(9-16)11-19(17,10-13)27-28(24,25)20(21,22)18(23)26-2/h3-6,13-14,16-17H,7-11H2,1-2H3. The van der Waals surface area contributed by atoms with E-state index >= 15 is 0 Å². The van der Waals surface area contributed by atoms with Gasteiger partial charge in [-0.05, 0) is 62.3 Å². The van der Waals surface area contributed by atoms with Gasteiger partial charge in [0, 0.05) is 5.92 Å². The molecule has 1 aromatic rings. The van der Waals surface area contributed by atoms with E-state index in [0.717, 1.165) is 37.5 Å². The number of carbonyl (C=O) groups is 1. The Morgan fingerprint density at radius 2 is 1.82 bits per heavy atom. The second kappa shape index (κ2) is 6.49. The molecule has 4 bridgehead atoms. The van der Waals surface area contributed by atoms with Gasteiger partial charge in [-0.25, -0.2) is 4.79 Å². The van der Waals surface area contributed by atoms with E-state index in [1.54, 1.807) is 0 Å². The van der Waals surface area contributed by atoms with Crippen LogP contribution in [0.15, 0.2) is 24.3 Å². The highest BCUT2D eigenvalue weighted by Gasteiger charge is 2.64. The Morgan fingerprint density at radius 3 is 2.39 bits per heavy atom. The molecule has 154 valence electrons. The zero-order valence-corrected chi connectivity index (χ0v) is 16.7. The van der Waals surface area contributed by atoms with Crippen LogP contribution in [0, 0.1) is 24.7 Å². The minimum absolute atomic E-state index is 0.190. The van der Waals surface area contributed by atoms with Crippen molar-refractivity contribution in [3.8, 4) is 0 Å². The van der Waals surface area contributed by atoms with Crippen molar-refractivity contribution in [2.45, 2.75) is 55.8 Å². The summed E-state index contributed by atoms with van der Waals surface area (Å²) in [7, 11) is -4.76. The minimum Gasteiger partial charge on any atom is -0.464 e. The molecule has 0 N–H and O–H groups in total. The molecule has 0 amide bonds. The van der Waals surface area contributed by atoms with Crippen molar-refractivity contribution in [1.82, 2.24) is 0 Å². The van der Waals surface area contributed by atoms with Gasteiger partial charge in [-0.2, -0.15) is 17.2 Å². The summed E-state index contributed by atoms with van der Waals surface area (Å²) in [5.41, 5.74) is 0.698. The number of alkyl halides is 2. The van der Waals surface area contributed by atoms with Gasteiger partial charge in [-0.15, -0.1) is 0 Å². The normalized spacial score (nSPS) is 34.4. The number of hydrogen-bond donors (Lipinski definition) is 0. The van der Waals surface area contributed by atoms with Gasteiger partial charge in [-0.3, -0.25) is 4.18 Å². The van der Waals surface area contributed by atoms with Gasteiger partial charge in [0.25, 0.3) is 0 Å². The Bertz CT molecular complexity index is 884. The fourth-order valence-corrected chi connectivity index (χ4v) is 7.09. The lowest BCUT2D eigenvalue weighted by atomic mass is 9.48. The van der Waals surface area contributed by atoms with Crippen LogP contribution in [-0.2, 0) is 23.8 Å². The summed E-state index contributed by atoms with van der Waals surface area (Å²) in [4.78, 5) is 11.4. The first kappa shape index (κ1) is 19.8. The Balaban J connectivity index is 1.76. The van der Waals surface area contributed by atoms with E-state index < -0.39 is 26.9 Å². The number of hydrogen-bond acceptors (Lipinski definition) is 5. The molecule has 4 aliphatic carbocycles. The van der Waals surface area contributed by atoms with Gasteiger partial charge in [0.2, 0.25) is 0 Å². The van der Waals surface area contributed by atoms with Crippen LogP contribution in [0.25, 0.3) is 0 Å². The van der Waals surface area contributed by atoms with E-state index in [2.05, 4.69) is 4.74 Å². The van der Waals surface area contributed by atoms with Crippen LogP contribution in [0.1, 0.15) is 49.1 Å². The van der Waals surface area contributed by atoms with Crippen LogP contribution < -0.4 is 0 Å². The highest BCUT2D eigenvalue weighted by atomic mass is 32.2. The zero-order valence-electron chi connectivity index (χ0n) is 15.9. The van der Waals surface area contributed by atoms with Crippen LogP contribution in [0.4, 0.5) is 8.78 Å². The third kappa shape index (κ3) is 2.96. The Kier molecular flexibility index (Phi) is 4.58. The second-order valence-electron chi connectivity index (χ2n) is 8.61. The third-order valence-corrected chi connectivity index (χ3v) is 8.01. The summed E-state index contributed by atoms with van der Waals surface area (Å²) in [5.74, 6) is -1.69. The quantitative estimate of drug-likeness (QED) is 0.542. The largest absolute Gasteiger partial charge is 0.466 e. The highest BCUT2D eigenvalue weighted by molar-refractivity contribution is 7.88. The molecule has 5 rings (SSSR count). The predicted octanol–water partition coefficient (Wildman–Crippen LogP) is 3.77. The van der Waals surface area contributed by atoms with E-state index in [1.807, 2.05) is 31.2 Å². The maximum absolute atomic E-state index is 14.3. The maximum Gasteiger partial charge on any atom is 0.466 e. The van der Waals surface area contributed by atoms with Crippen LogP contribution in [0.3, 0.4) is 0 Å². The summed E-state index contributed by atoms with van der Waals surface area (Å²) in [6, 6.07) is 7.72. The number of methoxy groups -OCH3 is 1. The summed E-state index contributed by atoms with van der Waals surface area (Å²) in [6.45, 7) is 1.94. The van der Waals surface area contributed by atoms with Gasteiger partial charge in [-0.1, -0.05) is 29.8 Å². The van der Waals surface area contributed by atoms with E-state index in [-0.39, 0.29) is 23.7 Å². The molecule has 3 unspecified atom stereocenters. The molecule has 8 heteroatoms. The van der Waals surface area contributed by atoms with Gasteiger partial charge >= 0.3 is 21.3 Å². The van der Waals surface area contributed by atoms with E-state index in [9.17, 15) is 22.0 Å². The number of benzene rings is 1. The van der Waals surface area contributed by atoms with Crippen molar-refractivity contribution in [2.75, 3.05) is 7.11 Å². The molecule has 3 atom stereocenters. The monoisotopic (exact) mass is 414 g/mol. The molecular formula is C20H24F2O5S. The van der Waals surface area contributed by atoms with Crippen LogP contribution >= 0.6 is 0 Å². The lowest BCUT2D eigenvalue weighted by molar-refractivity contribution is -0.161. The first-order chi connectivity index (χ1) is 13.1. The third-order valence-electron chi connectivity index (χ3n) is 6.66. The van der Waals surface area contributed by atoms with Crippen molar-refractivity contribution >= 4 is 16.1 Å². The first-order valence-electron chi connectivity index (χ1n) is 9.56. The first-order valence-corrected chi connectivity index (χ1v) is 11.0. The maximum atomic E-state index is 14.3. The second-order valence-corrected chi connectivity index (χ2v) is 10.2. The number of carbonyl (C=O) groups excluding carboxylic acids is 1. The van der Waals surface area contributed by atoms with Gasteiger partial charge < -0.3 is 4.74 Å². The minimum atomic E-state index is -5.49. The molecule has 4 saturated carbocycles. The number of ether oxygens (including phenoxy) is 1. The van der Waals surface area contributed by atoms with Crippen LogP contribution in [-0.4, -0.2) is 32.4 Å². The lowest BCUT2D eigenvalue weighted by Crippen LogP contribution is -2.59. The number of halogens is 2. The Labute approximate surface area is 163 Å². The molecule has 0 saturated heterocycles. The van der Waals surface area contributed by atoms with Crippen LogP contribution in [0.5, 0.6) is 0 Å². The smallest absolute Gasteiger partial charge is 0.464 e. The molecular weight excluding hydrogens is 390 g/mol. The lowest BCUT2D eigenvalue weighted by Gasteiger charge is -2.60. The number of esters is 1. The molecule has 0 heterocycles. The van der Waals surface area contributed by atoms with Gasteiger partial charge in [0.1, 0.15) is 0 Å². The fourth-order valence-electron chi connectivity index (χ4n) is 6.02. The SMILES string of the molecule is COC(=O)C(F)(F)S(=O)(=O)OC12CC3CC(CC(C3)C1c1cccc(C)c1)C2. The molecule has 0 radical (unpaired) electrons. The molecule has 0 aromatic heterocycles. The van der Waals surface area contributed by atoms with Crippen molar-refractivity contribution in [3.63, 3.8) is 0 Å². The summed E-state index contributed by atoms with van der Waals surface area (Å²) < 4.78 is 62.9. The van der Waals surface area contributed by atoms with E-state index in [1.165, 1.54) is 0 Å². The molecule has 0 spiro atoms. The van der Waals surface area contributed by atoms with Crippen molar-refractivity contribution in [3.05, 3.63) is 35.4 Å². The van der Waals surface area contributed by atoms with Gasteiger partial charge in [0.05, 0.1) is 12.7 Å². The summed E-state index contributed by atoms with van der Waals surface area (Å²) in [6.07, 6.45) is 3.71. The summed E-state index contributed by atoms with van der Waals surface area (Å²) >= 11 is 0. The average Bonchev–Trinajstić information content (AvgIpc) is 2.59. The van der Waals surface area contributed by atoms with Crippen molar-refractivity contribution in [2.24, 2.45) is 17.8 Å². The molecule has 5 nitrogen and oxygen atoms in total. The van der Waals surface area contributed by atoms with E-state index in [0.29, 0.717) is 12.8 Å². The van der Waals surface area contributed by atoms with Crippen LogP contribution in [0.2, 0.25) is 0 Å². The number of aryl methyl sites for hydroxylation is 1. The summed E-state index contributed by atoms with van der Waals surface area (Å²) in [5, 5.41) is -4.73. The van der Waals surface area contributed by atoms with Gasteiger partial charge in [0.15, 0.2) is 0 Å². The molecule has 4 fully saturated rings. The zero-order chi connectivity index (χ0) is 20.3. The van der Waals surface area contributed by atoms with Crippen molar-refractivity contribution in [1.29, 1.82) is 0 Å². The highest BCUT2D eigenvalue weighted by Crippen LogP contribution is 2.64. The molecule has 1 aromatic carbocycles. The molecule has 0 aliphatic heterocycles. The van der Waals surface area contributed by atoms with Crippen molar-refractivity contribution < 1.29 is 30.9 Å². The Morgan fingerprint density at radius 1 is 1.18 bits per heavy atom. The number of rotatable bonds is 5.